The number of amides is 1. The lowest BCUT2D eigenvalue weighted by atomic mass is 9.93. The maximum Gasteiger partial charge on any atom is 0.220 e. The number of hydrogen-bond donors (Lipinski definition) is 1. The molecule has 1 atom stereocenters. The summed E-state index contributed by atoms with van der Waals surface area (Å²) in [6, 6.07) is 7.04. The Morgan fingerprint density at radius 3 is 2.79 bits per heavy atom. The van der Waals surface area contributed by atoms with Gasteiger partial charge in [0.1, 0.15) is 5.82 Å². The minimum atomic E-state index is -0.197. The highest BCUT2D eigenvalue weighted by Crippen LogP contribution is 2.22. The summed E-state index contributed by atoms with van der Waals surface area (Å²) in [7, 11) is 0. The topological polar surface area (TPSA) is 32.3 Å². The fourth-order valence-electron chi connectivity index (χ4n) is 3.33. The van der Waals surface area contributed by atoms with Crippen molar-refractivity contribution in [3.8, 4) is 0 Å². The summed E-state index contributed by atoms with van der Waals surface area (Å²) in [4.78, 5) is 14.3. The maximum absolute atomic E-state index is 12.9. The van der Waals surface area contributed by atoms with Crippen LogP contribution in [0.25, 0.3) is 6.08 Å². The van der Waals surface area contributed by atoms with Crippen molar-refractivity contribution in [1.82, 2.24) is 10.2 Å². The number of rotatable bonds is 7. The van der Waals surface area contributed by atoms with Crippen molar-refractivity contribution in [2.75, 3.05) is 19.6 Å². The molecule has 1 aromatic rings. The summed E-state index contributed by atoms with van der Waals surface area (Å²) in [6.07, 6.45) is 10.6. The van der Waals surface area contributed by atoms with Crippen molar-refractivity contribution in [2.24, 2.45) is 5.92 Å². The largest absolute Gasteiger partial charge is 0.353 e. The summed E-state index contributed by atoms with van der Waals surface area (Å²) in [5.74, 6) is 0.658. The smallest absolute Gasteiger partial charge is 0.220 e. The van der Waals surface area contributed by atoms with Crippen LogP contribution in [0.3, 0.4) is 0 Å². The van der Waals surface area contributed by atoms with E-state index in [1.807, 2.05) is 6.08 Å². The van der Waals surface area contributed by atoms with Crippen LogP contribution in [-0.4, -0.2) is 36.5 Å². The first-order valence-electron chi connectivity index (χ1n) is 9.13. The normalized spacial score (nSPS) is 22.0. The molecule has 3 nitrogen and oxygen atoms in total. The Kier molecular flexibility index (Phi) is 6.02. The number of hydrogen-bond acceptors (Lipinski definition) is 2. The first-order valence-corrected chi connectivity index (χ1v) is 9.13. The molecule has 2 aliphatic rings. The fraction of sp³-hybridized carbons (Fsp3) is 0.550. The van der Waals surface area contributed by atoms with Crippen molar-refractivity contribution in [3.05, 3.63) is 41.7 Å². The standard InChI is InChI=1S/C20H27FN2O/c21-18-8-5-16(6-9-18)3-1-13-23-14-2-4-17(15-23)7-12-20(24)22-19-10-11-19/h1,3,5-6,8-9,17,19H,2,4,7,10-15H2,(H,22,24)/b3-1+/t17-/m1/s1. The molecular formula is C20H27FN2O. The molecule has 1 aliphatic heterocycles. The van der Waals surface area contributed by atoms with Gasteiger partial charge in [-0.05, 0) is 62.3 Å². The van der Waals surface area contributed by atoms with E-state index in [-0.39, 0.29) is 11.7 Å². The van der Waals surface area contributed by atoms with Gasteiger partial charge in [-0.1, -0.05) is 24.3 Å². The Balaban J connectivity index is 1.38. The van der Waals surface area contributed by atoms with Gasteiger partial charge in [0.15, 0.2) is 0 Å². The third-order valence-electron chi connectivity index (χ3n) is 4.87. The molecule has 1 saturated heterocycles. The van der Waals surface area contributed by atoms with Crippen LogP contribution >= 0.6 is 0 Å². The average molecular weight is 330 g/mol. The van der Waals surface area contributed by atoms with E-state index < -0.39 is 0 Å². The van der Waals surface area contributed by atoms with Gasteiger partial charge in [0.2, 0.25) is 5.91 Å². The van der Waals surface area contributed by atoms with E-state index in [2.05, 4.69) is 16.3 Å². The van der Waals surface area contributed by atoms with Crippen molar-refractivity contribution < 1.29 is 9.18 Å². The van der Waals surface area contributed by atoms with Gasteiger partial charge < -0.3 is 5.32 Å². The average Bonchev–Trinajstić information content (AvgIpc) is 3.39. The summed E-state index contributed by atoms with van der Waals surface area (Å²) in [5.41, 5.74) is 1.03. The second-order valence-electron chi connectivity index (χ2n) is 7.10. The van der Waals surface area contributed by atoms with Gasteiger partial charge in [-0.25, -0.2) is 4.39 Å². The Hall–Kier alpha value is -1.68. The molecule has 0 aromatic heterocycles. The molecule has 130 valence electrons. The number of benzene rings is 1. The quantitative estimate of drug-likeness (QED) is 0.828. The number of carbonyl (C=O) groups excluding carboxylic acids is 1. The third-order valence-corrected chi connectivity index (χ3v) is 4.87. The molecule has 24 heavy (non-hydrogen) atoms. The first kappa shape index (κ1) is 17.2. The molecule has 3 rings (SSSR count). The SMILES string of the molecule is O=C(CC[C@H]1CCCN(C/C=C/c2ccc(F)cc2)C1)NC1CC1. The van der Waals surface area contributed by atoms with E-state index in [4.69, 9.17) is 0 Å². The first-order chi connectivity index (χ1) is 11.7. The Labute approximate surface area is 143 Å². The van der Waals surface area contributed by atoms with Crippen molar-refractivity contribution in [3.63, 3.8) is 0 Å². The molecule has 1 aliphatic carbocycles. The molecule has 1 N–H and O–H groups in total. The Morgan fingerprint density at radius 1 is 1.25 bits per heavy atom. The van der Waals surface area contributed by atoms with Crippen LogP contribution in [0.2, 0.25) is 0 Å². The van der Waals surface area contributed by atoms with Crippen LogP contribution in [0.1, 0.15) is 44.1 Å². The summed E-state index contributed by atoms with van der Waals surface area (Å²) in [5, 5.41) is 3.07. The van der Waals surface area contributed by atoms with Gasteiger partial charge in [-0.2, -0.15) is 0 Å². The Bertz CT molecular complexity index is 566. The van der Waals surface area contributed by atoms with Crippen LogP contribution in [0.4, 0.5) is 4.39 Å². The van der Waals surface area contributed by atoms with Gasteiger partial charge in [-0.3, -0.25) is 9.69 Å². The van der Waals surface area contributed by atoms with E-state index in [0.29, 0.717) is 18.4 Å². The number of carbonyl (C=O) groups is 1. The van der Waals surface area contributed by atoms with E-state index in [1.54, 1.807) is 12.1 Å². The highest BCUT2D eigenvalue weighted by molar-refractivity contribution is 5.76. The molecule has 0 radical (unpaired) electrons. The molecule has 1 heterocycles. The van der Waals surface area contributed by atoms with E-state index in [0.717, 1.165) is 44.5 Å². The molecule has 0 unspecified atom stereocenters. The number of likely N-dealkylation sites (tertiary alicyclic amines) is 1. The van der Waals surface area contributed by atoms with Crippen molar-refractivity contribution in [2.45, 2.75) is 44.6 Å². The Morgan fingerprint density at radius 2 is 2.04 bits per heavy atom. The van der Waals surface area contributed by atoms with Crippen molar-refractivity contribution >= 4 is 12.0 Å². The van der Waals surface area contributed by atoms with Gasteiger partial charge in [0.05, 0.1) is 0 Å². The zero-order chi connectivity index (χ0) is 16.8. The highest BCUT2D eigenvalue weighted by atomic mass is 19.1. The fourth-order valence-corrected chi connectivity index (χ4v) is 3.33. The van der Waals surface area contributed by atoms with Crippen LogP contribution in [0.5, 0.6) is 0 Å². The molecule has 0 bridgehead atoms. The minimum absolute atomic E-state index is 0.197. The number of nitrogens with zero attached hydrogens (tertiary/aromatic N) is 1. The molecule has 2 fully saturated rings. The zero-order valence-corrected chi connectivity index (χ0v) is 14.2. The summed E-state index contributed by atoms with van der Waals surface area (Å²) >= 11 is 0. The highest BCUT2D eigenvalue weighted by Gasteiger charge is 2.24. The molecule has 1 saturated carbocycles. The minimum Gasteiger partial charge on any atom is -0.353 e. The lowest BCUT2D eigenvalue weighted by Gasteiger charge is -2.31. The van der Waals surface area contributed by atoms with Crippen LogP contribution in [-0.2, 0) is 4.79 Å². The molecular weight excluding hydrogens is 303 g/mol. The summed E-state index contributed by atoms with van der Waals surface area (Å²) in [6.45, 7) is 3.12. The predicted molar refractivity (Wildman–Crippen MR) is 95.0 cm³/mol. The second kappa shape index (κ2) is 8.43. The molecule has 1 aromatic carbocycles. The monoisotopic (exact) mass is 330 g/mol. The van der Waals surface area contributed by atoms with E-state index in [9.17, 15) is 9.18 Å². The zero-order valence-electron chi connectivity index (χ0n) is 14.2. The van der Waals surface area contributed by atoms with E-state index >= 15 is 0 Å². The maximum atomic E-state index is 12.9. The van der Waals surface area contributed by atoms with Crippen LogP contribution < -0.4 is 5.32 Å². The number of halogens is 1. The third kappa shape index (κ3) is 5.75. The van der Waals surface area contributed by atoms with Gasteiger partial charge in [0.25, 0.3) is 0 Å². The second-order valence-corrected chi connectivity index (χ2v) is 7.10. The molecule has 0 spiro atoms. The molecule has 1 amide bonds. The molecule has 4 heteroatoms. The number of nitrogens with one attached hydrogen (secondary N) is 1. The summed E-state index contributed by atoms with van der Waals surface area (Å²) < 4.78 is 12.9. The van der Waals surface area contributed by atoms with Crippen molar-refractivity contribution in [1.29, 1.82) is 0 Å². The van der Waals surface area contributed by atoms with Gasteiger partial charge in [0, 0.05) is 25.6 Å². The van der Waals surface area contributed by atoms with Crippen LogP contribution in [0, 0.1) is 11.7 Å². The predicted octanol–water partition coefficient (Wildman–Crippen LogP) is 3.61. The van der Waals surface area contributed by atoms with Gasteiger partial charge in [-0.15, -0.1) is 0 Å². The van der Waals surface area contributed by atoms with Crippen LogP contribution in [0.15, 0.2) is 30.3 Å². The number of piperidine rings is 1. The lowest BCUT2D eigenvalue weighted by molar-refractivity contribution is -0.121. The lowest BCUT2D eigenvalue weighted by Crippen LogP contribution is -2.36. The van der Waals surface area contributed by atoms with Gasteiger partial charge >= 0.3 is 0 Å². The van der Waals surface area contributed by atoms with E-state index in [1.165, 1.54) is 25.0 Å².